The highest BCUT2D eigenvalue weighted by atomic mass is 32.1. The highest BCUT2D eigenvalue weighted by Gasteiger charge is 2.17. The van der Waals surface area contributed by atoms with E-state index in [2.05, 4.69) is 10.6 Å². The molecule has 2 N–H and O–H groups in total. The van der Waals surface area contributed by atoms with Crippen molar-refractivity contribution in [1.29, 1.82) is 0 Å². The van der Waals surface area contributed by atoms with Gasteiger partial charge in [-0.05, 0) is 29.1 Å². The normalized spacial score (nSPS) is 11.7. The average molecular weight is 320 g/mol. The van der Waals surface area contributed by atoms with E-state index in [0.29, 0.717) is 6.54 Å². The molecule has 0 aliphatic carbocycles. The molecule has 6 heteroatoms. The maximum atomic E-state index is 12.8. The number of halogens is 1. The van der Waals surface area contributed by atoms with E-state index >= 15 is 0 Å². The minimum Gasteiger partial charge on any atom is -0.352 e. The Morgan fingerprint density at radius 1 is 1.23 bits per heavy atom. The fourth-order valence-corrected chi connectivity index (χ4v) is 2.80. The number of amides is 2. The summed E-state index contributed by atoms with van der Waals surface area (Å²) in [5.41, 5.74) is 0.821. The number of rotatable bonds is 6. The van der Waals surface area contributed by atoms with E-state index in [1.807, 2.05) is 17.5 Å². The van der Waals surface area contributed by atoms with Crippen molar-refractivity contribution in [3.63, 3.8) is 0 Å². The first-order valence-corrected chi connectivity index (χ1v) is 7.74. The van der Waals surface area contributed by atoms with Gasteiger partial charge in [0, 0.05) is 18.3 Å². The third-order valence-electron chi connectivity index (χ3n) is 3.06. The van der Waals surface area contributed by atoms with Crippen LogP contribution < -0.4 is 10.6 Å². The Kier molecular flexibility index (Phi) is 5.66. The molecule has 1 aromatic carbocycles. The third kappa shape index (κ3) is 4.96. The summed E-state index contributed by atoms with van der Waals surface area (Å²) in [5, 5.41) is 7.46. The predicted molar refractivity (Wildman–Crippen MR) is 83.7 cm³/mol. The van der Waals surface area contributed by atoms with Gasteiger partial charge < -0.3 is 10.6 Å². The van der Waals surface area contributed by atoms with Crippen LogP contribution in [0.2, 0.25) is 0 Å². The summed E-state index contributed by atoms with van der Waals surface area (Å²) in [7, 11) is 0. The zero-order valence-electron chi connectivity index (χ0n) is 12.1. The second kappa shape index (κ2) is 7.70. The van der Waals surface area contributed by atoms with Crippen LogP contribution in [-0.4, -0.2) is 11.8 Å². The van der Waals surface area contributed by atoms with Crippen molar-refractivity contribution in [3.8, 4) is 0 Å². The Balaban J connectivity index is 1.90. The van der Waals surface area contributed by atoms with E-state index in [0.717, 1.165) is 10.4 Å². The molecule has 1 aromatic heterocycles. The number of hydrogen-bond acceptors (Lipinski definition) is 3. The van der Waals surface area contributed by atoms with Crippen LogP contribution in [0.3, 0.4) is 0 Å². The van der Waals surface area contributed by atoms with Gasteiger partial charge in [-0.15, -0.1) is 11.3 Å². The van der Waals surface area contributed by atoms with E-state index in [1.54, 1.807) is 12.1 Å². The van der Waals surface area contributed by atoms with Crippen molar-refractivity contribution in [3.05, 3.63) is 58.0 Å². The molecule has 2 aromatic rings. The minimum absolute atomic E-state index is 0.168. The van der Waals surface area contributed by atoms with Gasteiger partial charge in [0.05, 0.1) is 12.5 Å². The molecule has 0 unspecified atom stereocenters. The van der Waals surface area contributed by atoms with Crippen LogP contribution in [0.25, 0.3) is 0 Å². The molecular weight excluding hydrogens is 303 g/mol. The molecule has 0 fully saturated rings. The number of nitrogens with one attached hydrogen (secondary N) is 2. The molecule has 0 aliphatic heterocycles. The van der Waals surface area contributed by atoms with E-state index < -0.39 is 0 Å². The maximum Gasteiger partial charge on any atom is 0.222 e. The Bertz CT molecular complexity index is 626. The van der Waals surface area contributed by atoms with Crippen molar-refractivity contribution < 1.29 is 14.0 Å². The number of carbonyl (C=O) groups excluding carboxylic acids is 2. The summed E-state index contributed by atoms with van der Waals surface area (Å²) in [6, 6.07) is 9.40. The minimum atomic E-state index is -0.328. The topological polar surface area (TPSA) is 58.2 Å². The summed E-state index contributed by atoms with van der Waals surface area (Å²) < 4.78 is 12.8. The standard InChI is InChI=1S/C16H17FN2O2S/c1-11(20)19-14(15-3-2-8-22-15)9-16(21)18-10-12-4-6-13(17)7-5-12/h2-8,14H,9-10H2,1H3,(H,18,21)(H,19,20)/t14-/m1/s1. The van der Waals surface area contributed by atoms with Crippen molar-refractivity contribution in [2.45, 2.75) is 25.9 Å². The zero-order chi connectivity index (χ0) is 15.9. The lowest BCUT2D eigenvalue weighted by molar-refractivity contribution is -0.122. The SMILES string of the molecule is CC(=O)N[C@H](CC(=O)NCc1ccc(F)cc1)c1cccs1. The maximum absolute atomic E-state index is 12.8. The van der Waals surface area contributed by atoms with E-state index in [4.69, 9.17) is 0 Å². The Hall–Kier alpha value is -2.21. The smallest absolute Gasteiger partial charge is 0.222 e. The van der Waals surface area contributed by atoms with Gasteiger partial charge in [0.15, 0.2) is 0 Å². The molecule has 0 bridgehead atoms. The highest BCUT2D eigenvalue weighted by Crippen LogP contribution is 2.22. The largest absolute Gasteiger partial charge is 0.352 e. The summed E-state index contributed by atoms with van der Waals surface area (Å²) in [6.07, 6.45) is 0.168. The van der Waals surface area contributed by atoms with Crippen molar-refractivity contribution in [2.24, 2.45) is 0 Å². The Morgan fingerprint density at radius 2 is 1.95 bits per heavy atom. The summed E-state index contributed by atoms with van der Waals surface area (Å²) >= 11 is 1.49. The monoisotopic (exact) mass is 320 g/mol. The highest BCUT2D eigenvalue weighted by molar-refractivity contribution is 7.10. The molecule has 116 valence electrons. The summed E-state index contributed by atoms with van der Waals surface area (Å²) in [5.74, 6) is -0.653. The van der Waals surface area contributed by atoms with Gasteiger partial charge in [0.2, 0.25) is 11.8 Å². The molecule has 1 heterocycles. The molecule has 2 amide bonds. The molecular formula is C16H17FN2O2S. The van der Waals surface area contributed by atoms with Gasteiger partial charge in [-0.25, -0.2) is 4.39 Å². The second-order valence-corrected chi connectivity index (χ2v) is 5.86. The molecule has 0 aliphatic rings. The fourth-order valence-electron chi connectivity index (χ4n) is 2.02. The van der Waals surface area contributed by atoms with Crippen LogP contribution in [0.5, 0.6) is 0 Å². The van der Waals surface area contributed by atoms with Crippen LogP contribution >= 0.6 is 11.3 Å². The summed E-state index contributed by atoms with van der Waals surface area (Å²) in [4.78, 5) is 24.2. The van der Waals surface area contributed by atoms with Crippen molar-refractivity contribution >= 4 is 23.2 Å². The van der Waals surface area contributed by atoms with Crippen molar-refractivity contribution in [1.82, 2.24) is 10.6 Å². The Labute approximate surface area is 132 Å². The van der Waals surface area contributed by atoms with Gasteiger partial charge in [0.1, 0.15) is 5.82 Å². The molecule has 4 nitrogen and oxygen atoms in total. The zero-order valence-corrected chi connectivity index (χ0v) is 13.0. The van der Waals surface area contributed by atoms with E-state index in [9.17, 15) is 14.0 Å². The molecule has 2 rings (SSSR count). The molecule has 0 saturated heterocycles. The summed E-state index contributed by atoms with van der Waals surface area (Å²) in [6.45, 7) is 1.76. The molecule has 0 radical (unpaired) electrons. The molecule has 22 heavy (non-hydrogen) atoms. The van der Waals surface area contributed by atoms with Crippen LogP contribution in [0, 0.1) is 5.82 Å². The molecule has 0 saturated carbocycles. The van der Waals surface area contributed by atoms with Crippen LogP contribution in [0.1, 0.15) is 29.8 Å². The van der Waals surface area contributed by atoms with Crippen LogP contribution in [-0.2, 0) is 16.1 Å². The van der Waals surface area contributed by atoms with Gasteiger partial charge in [-0.1, -0.05) is 18.2 Å². The van der Waals surface area contributed by atoms with Crippen LogP contribution in [0.4, 0.5) is 4.39 Å². The van der Waals surface area contributed by atoms with Gasteiger partial charge in [-0.2, -0.15) is 0 Å². The molecule has 1 atom stereocenters. The number of hydrogen-bond donors (Lipinski definition) is 2. The second-order valence-electron chi connectivity index (χ2n) is 4.88. The van der Waals surface area contributed by atoms with Gasteiger partial charge in [0.25, 0.3) is 0 Å². The number of benzene rings is 1. The van der Waals surface area contributed by atoms with Gasteiger partial charge >= 0.3 is 0 Å². The third-order valence-corrected chi connectivity index (χ3v) is 4.04. The lowest BCUT2D eigenvalue weighted by Gasteiger charge is -2.16. The quantitative estimate of drug-likeness (QED) is 0.860. The predicted octanol–water partition coefficient (Wildman–Crippen LogP) is 2.77. The number of carbonyl (C=O) groups is 2. The lowest BCUT2D eigenvalue weighted by atomic mass is 10.1. The average Bonchev–Trinajstić information content (AvgIpc) is 3.00. The van der Waals surface area contributed by atoms with E-state index in [-0.39, 0.29) is 30.1 Å². The first kappa shape index (κ1) is 16.2. The number of thiophene rings is 1. The fraction of sp³-hybridized carbons (Fsp3) is 0.250. The van der Waals surface area contributed by atoms with E-state index in [1.165, 1.54) is 30.4 Å². The first-order chi connectivity index (χ1) is 10.5. The van der Waals surface area contributed by atoms with Crippen molar-refractivity contribution in [2.75, 3.05) is 0 Å². The van der Waals surface area contributed by atoms with Gasteiger partial charge in [-0.3, -0.25) is 9.59 Å². The molecule has 0 spiro atoms. The first-order valence-electron chi connectivity index (χ1n) is 6.86. The Morgan fingerprint density at radius 3 is 2.55 bits per heavy atom. The van der Waals surface area contributed by atoms with Crippen LogP contribution in [0.15, 0.2) is 41.8 Å². The lowest BCUT2D eigenvalue weighted by Crippen LogP contribution is -2.32.